The molecule has 2 heterocycles. The first-order valence-electron chi connectivity index (χ1n) is 11.9. The molecule has 1 N–H and O–H groups in total. The SMILES string of the molecule is c1ccc(-c2nc(-c3cccc(-c4cc(-c5ccccc5)c5c(c4)oc4ccccc45)c3)n[nH]2)cc1. The highest BCUT2D eigenvalue weighted by Gasteiger charge is 2.16. The standard InChI is InChI=1S/C32H21N3O/c1-3-10-21(11-4-1)27-19-25(20-29-30(27)26-16-7-8-17-28(26)36-29)23-14-9-15-24(18-23)32-33-31(34-35-32)22-12-5-2-6-13-22/h1-20H,(H,33,34,35). The van der Waals surface area contributed by atoms with Crippen molar-refractivity contribution in [1.29, 1.82) is 0 Å². The highest BCUT2D eigenvalue weighted by Crippen LogP contribution is 2.40. The lowest BCUT2D eigenvalue weighted by Gasteiger charge is -2.09. The van der Waals surface area contributed by atoms with Crippen molar-refractivity contribution in [3.05, 3.63) is 121 Å². The fourth-order valence-electron chi connectivity index (χ4n) is 4.82. The minimum absolute atomic E-state index is 0.670. The lowest BCUT2D eigenvalue weighted by atomic mass is 9.94. The Morgan fingerprint density at radius 1 is 0.528 bits per heavy atom. The number of nitrogens with one attached hydrogen (secondary N) is 1. The molecule has 0 radical (unpaired) electrons. The van der Waals surface area contributed by atoms with E-state index in [1.165, 1.54) is 0 Å². The minimum Gasteiger partial charge on any atom is -0.456 e. The number of benzene rings is 5. The van der Waals surface area contributed by atoms with Crippen LogP contribution >= 0.6 is 0 Å². The summed E-state index contributed by atoms with van der Waals surface area (Å²) in [4.78, 5) is 4.74. The van der Waals surface area contributed by atoms with Crippen LogP contribution in [-0.2, 0) is 0 Å². The number of furan rings is 1. The van der Waals surface area contributed by atoms with Crippen LogP contribution < -0.4 is 0 Å². The molecule has 7 rings (SSSR count). The van der Waals surface area contributed by atoms with Crippen LogP contribution in [0.4, 0.5) is 0 Å². The lowest BCUT2D eigenvalue weighted by molar-refractivity contribution is 0.669. The van der Waals surface area contributed by atoms with Gasteiger partial charge in [0.25, 0.3) is 0 Å². The Hall–Kier alpha value is -4.96. The molecule has 0 saturated heterocycles. The number of fused-ring (bicyclic) bond motifs is 3. The second-order valence-electron chi connectivity index (χ2n) is 8.82. The zero-order chi connectivity index (χ0) is 23.9. The number of hydrogen-bond acceptors (Lipinski definition) is 3. The van der Waals surface area contributed by atoms with Gasteiger partial charge < -0.3 is 4.42 Å². The summed E-state index contributed by atoms with van der Waals surface area (Å²) >= 11 is 0. The summed E-state index contributed by atoms with van der Waals surface area (Å²) < 4.78 is 6.31. The molecule has 0 saturated carbocycles. The molecule has 170 valence electrons. The van der Waals surface area contributed by atoms with Gasteiger partial charge in [0, 0.05) is 21.9 Å². The fourth-order valence-corrected chi connectivity index (χ4v) is 4.82. The summed E-state index contributed by atoms with van der Waals surface area (Å²) in [7, 11) is 0. The van der Waals surface area contributed by atoms with Crippen LogP contribution in [-0.4, -0.2) is 15.2 Å². The molecule has 0 aliphatic rings. The highest BCUT2D eigenvalue weighted by atomic mass is 16.3. The number of H-pyrrole nitrogens is 1. The Morgan fingerprint density at radius 3 is 2.06 bits per heavy atom. The van der Waals surface area contributed by atoms with Crippen molar-refractivity contribution in [1.82, 2.24) is 15.2 Å². The molecule has 0 atom stereocenters. The van der Waals surface area contributed by atoms with Crippen molar-refractivity contribution >= 4 is 21.9 Å². The zero-order valence-corrected chi connectivity index (χ0v) is 19.3. The van der Waals surface area contributed by atoms with Gasteiger partial charge in [0.1, 0.15) is 11.2 Å². The van der Waals surface area contributed by atoms with Crippen LogP contribution in [0.3, 0.4) is 0 Å². The Kier molecular flexibility index (Phi) is 4.74. The molecule has 0 aliphatic heterocycles. The van der Waals surface area contributed by atoms with Crippen molar-refractivity contribution in [2.45, 2.75) is 0 Å². The van der Waals surface area contributed by atoms with Gasteiger partial charge in [-0.25, -0.2) is 4.98 Å². The van der Waals surface area contributed by atoms with Crippen LogP contribution in [0.15, 0.2) is 126 Å². The van der Waals surface area contributed by atoms with E-state index in [1.807, 2.05) is 60.7 Å². The van der Waals surface area contributed by atoms with Gasteiger partial charge in [0.2, 0.25) is 0 Å². The summed E-state index contributed by atoms with van der Waals surface area (Å²) in [6, 6.07) is 41.5. The van der Waals surface area contributed by atoms with Crippen molar-refractivity contribution in [3.8, 4) is 45.0 Å². The maximum Gasteiger partial charge on any atom is 0.181 e. The number of para-hydroxylation sites is 1. The average molecular weight is 464 g/mol. The van der Waals surface area contributed by atoms with Gasteiger partial charge in [0.05, 0.1) is 0 Å². The first-order chi connectivity index (χ1) is 17.8. The molecular weight excluding hydrogens is 442 g/mol. The molecular formula is C32H21N3O. The molecule has 7 aromatic rings. The molecule has 36 heavy (non-hydrogen) atoms. The highest BCUT2D eigenvalue weighted by molar-refractivity contribution is 6.13. The fraction of sp³-hybridized carbons (Fsp3) is 0. The van der Waals surface area contributed by atoms with E-state index < -0.39 is 0 Å². The summed E-state index contributed by atoms with van der Waals surface area (Å²) in [5, 5.41) is 9.82. The molecule has 4 heteroatoms. The largest absolute Gasteiger partial charge is 0.456 e. The molecule has 2 aromatic heterocycles. The Labute approximate surface area is 207 Å². The molecule has 0 bridgehead atoms. The molecule has 4 nitrogen and oxygen atoms in total. The van der Waals surface area contributed by atoms with Crippen molar-refractivity contribution in [3.63, 3.8) is 0 Å². The van der Waals surface area contributed by atoms with Gasteiger partial charge >= 0.3 is 0 Å². The predicted molar refractivity (Wildman–Crippen MR) is 145 cm³/mol. The van der Waals surface area contributed by atoms with Gasteiger partial charge in [-0.15, -0.1) is 0 Å². The van der Waals surface area contributed by atoms with Crippen LogP contribution in [0, 0.1) is 0 Å². The number of hydrogen-bond donors (Lipinski definition) is 1. The van der Waals surface area contributed by atoms with E-state index in [1.54, 1.807) is 0 Å². The summed E-state index contributed by atoms with van der Waals surface area (Å²) in [6.07, 6.45) is 0. The monoisotopic (exact) mass is 463 g/mol. The van der Waals surface area contributed by atoms with Crippen LogP contribution in [0.1, 0.15) is 0 Å². The second kappa shape index (κ2) is 8.36. The molecule has 0 aliphatic carbocycles. The second-order valence-corrected chi connectivity index (χ2v) is 8.82. The van der Waals surface area contributed by atoms with Crippen molar-refractivity contribution in [2.75, 3.05) is 0 Å². The Balaban J connectivity index is 1.38. The zero-order valence-electron chi connectivity index (χ0n) is 19.3. The third kappa shape index (κ3) is 3.48. The van der Waals surface area contributed by atoms with Gasteiger partial charge in [-0.3, -0.25) is 5.10 Å². The molecule has 0 unspecified atom stereocenters. The van der Waals surface area contributed by atoms with Crippen LogP contribution in [0.25, 0.3) is 67.0 Å². The third-order valence-corrected chi connectivity index (χ3v) is 6.55. The summed E-state index contributed by atoms with van der Waals surface area (Å²) in [5.74, 6) is 1.43. The van der Waals surface area contributed by atoms with E-state index in [9.17, 15) is 0 Å². The van der Waals surface area contributed by atoms with Gasteiger partial charge in [-0.05, 0) is 46.5 Å². The normalized spacial score (nSPS) is 11.3. The van der Waals surface area contributed by atoms with E-state index in [0.717, 1.165) is 61.1 Å². The molecule has 5 aromatic carbocycles. The minimum atomic E-state index is 0.670. The molecule has 0 spiro atoms. The Morgan fingerprint density at radius 2 is 1.22 bits per heavy atom. The maximum absolute atomic E-state index is 6.31. The lowest BCUT2D eigenvalue weighted by Crippen LogP contribution is -1.86. The number of nitrogens with zero attached hydrogens (tertiary/aromatic N) is 2. The molecule has 0 amide bonds. The van der Waals surface area contributed by atoms with E-state index in [-0.39, 0.29) is 0 Å². The van der Waals surface area contributed by atoms with Gasteiger partial charge in [0.15, 0.2) is 11.6 Å². The average Bonchev–Trinajstić information content (AvgIpc) is 3.59. The first-order valence-corrected chi connectivity index (χ1v) is 11.9. The van der Waals surface area contributed by atoms with Gasteiger partial charge in [-0.1, -0.05) is 97.1 Å². The van der Waals surface area contributed by atoms with E-state index in [2.05, 4.69) is 70.9 Å². The summed E-state index contributed by atoms with van der Waals surface area (Å²) in [6.45, 7) is 0. The quantitative estimate of drug-likeness (QED) is 0.285. The van der Waals surface area contributed by atoms with E-state index in [0.29, 0.717) is 5.82 Å². The third-order valence-electron chi connectivity index (χ3n) is 6.55. The van der Waals surface area contributed by atoms with Crippen molar-refractivity contribution < 1.29 is 4.42 Å². The van der Waals surface area contributed by atoms with E-state index >= 15 is 0 Å². The first kappa shape index (κ1) is 20.4. The number of aromatic amines is 1. The van der Waals surface area contributed by atoms with Crippen LogP contribution in [0.5, 0.6) is 0 Å². The van der Waals surface area contributed by atoms with Crippen LogP contribution in [0.2, 0.25) is 0 Å². The maximum atomic E-state index is 6.31. The number of aromatic nitrogens is 3. The Bertz CT molecular complexity index is 1830. The smallest absolute Gasteiger partial charge is 0.181 e. The molecule has 0 fully saturated rings. The van der Waals surface area contributed by atoms with E-state index in [4.69, 9.17) is 9.40 Å². The number of rotatable bonds is 4. The van der Waals surface area contributed by atoms with Crippen molar-refractivity contribution in [2.24, 2.45) is 0 Å². The topological polar surface area (TPSA) is 54.7 Å². The van der Waals surface area contributed by atoms with Gasteiger partial charge in [-0.2, -0.15) is 5.10 Å². The predicted octanol–water partition coefficient (Wildman–Crippen LogP) is 8.37. The summed E-state index contributed by atoms with van der Waals surface area (Å²) in [5.41, 5.74) is 8.22.